The van der Waals surface area contributed by atoms with Gasteiger partial charge in [-0.3, -0.25) is 9.69 Å². The summed E-state index contributed by atoms with van der Waals surface area (Å²) < 4.78 is 65.1. The maximum absolute atomic E-state index is 14.2. The molecule has 3 saturated heterocycles. The van der Waals surface area contributed by atoms with Crippen molar-refractivity contribution >= 4 is 26.0 Å². The molecule has 3 aliphatic heterocycles. The molecule has 3 fully saturated rings. The number of hydrogen-bond donors (Lipinski definition) is 0. The molecule has 0 aromatic heterocycles. The summed E-state index contributed by atoms with van der Waals surface area (Å²) in [5, 5.41) is 0. The second-order valence-corrected chi connectivity index (χ2v) is 17.4. The third-order valence-electron chi connectivity index (χ3n) is 9.61. The molecule has 1 aromatic rings. The van der Waals surface area contributed by atoms with Crippen LogP contribution in [-0.4, -0.2) is 137 Å². The van der Waals surface area contributed by atoms with E-state index in [2.05, 4.69) is 28.5 Å². The van der Waals surface area contributed by atoms with Gasteiger partial charge in [-0.1, -0.05) is 26.0 Å². The van der Waals surface area contributed by atoms with Crippen LogP contribution < -0.4 is 0 Å². The van der Waals surface area contributed by atoms with Crippen LogP contribution in [0, 0.1) is 17.7 Å². The van der Waals surface area contributed by atoms with Gasteiger partial charge in [0.15, 0.2) is 0 Å². The molecule has 1 amide bonds. The summed E-state index contributed by atoms with van der Waals surface area (Å²) in [7, 11) is -6.42. The van der Waals surface area contributed by atoms with Crippen molar-refractivity contribution in [2.45, 2.75) is 57.9 Å². The predicted octanol–water partition coefficient (Wildman–Crippen LogP) is 2.50. The molecule has 4 rings (SSSR count). The lowest BCUT2D eigenvalue weighted by atomic mass is 9.78. The van der Waals surface area contributed by atoms with Crippen molar-refractivity contribution in [1.82, 2.24) is 23.3 Å². The molecule has 13 heteroatoms. The highest BCUT2D eigenvalue weighted by Crippen LogP contribution is 2.36. The van der Waals surface area contributed by atoms with Gasteiger partial charge < -0.3 is 9.80 Å². The van der Waals surface area contributed by atoms with Gasteiger partial charge in [0, 0.05) is 64.9 Å². The summed E-state index contributed by atoms with van der Waals surface area (Å²) in [6.45, 7) is 10.9. The zero-order valence-electron chi connectivity index (χ0n) is 26.9. The number of sulfonamides is 2. The molecule has 3 aliphatic rings. The van der Waals surface area contributed by atoms with Gasteiger partial charge >= 0.3 is 0 Å². The van der Waals surface area contributed by atoms with E-state index in [4.69, 9.17) is 0 Å². The first-order valence-electron chi connectivity index (χ1n) is 16.1. The van der Waals surface area contributed by atoms with E-state index in [9.17, 15) is 26.0 Å². The van der Waals surface area contributed by atoms with E-state index in [0.717, 1.165) is 57.3 Å². The monoisotopic (exact) mass is 657 g/mol. The summed E-state index contributed by atoms with van der Waals surface area (Å²) in [5.74, 6) is 0.684. The van der Waals surface area contributed by atoms with Crippen molar-refractivity contribution in [3.05, 3.63) is 35.6 Å². The highest BCUT2D eigenvalue weighted by molar-refractivity contribution is 7.88. The Balaban J connectivity index is 1.32. The minimum Gasteiger partial charge on any atom is -0.338 e. The molecule has 3 heterocycles. The first-order valence-corrected chi connectivity index (χ1v) is 19.8. The molecule has 0 N–H and O–H groups in total. The lowest BCUT2D eigenvalue weighted by Crippen LogP contribution is -2.54. The molecular weight excluding hydrogens is 606 g/mol. The van der Waals surface area contributed by atoms with Gasteiger partial charge in [-0.05, 0) is 74.1 Å². The Bertz CT molecular complexity index is 1300. The Labute approximate surface area is 264 Å². The molecule has 1 aromatic carbocycles. The number of carbonyl (C=O) groups is 1. The maximum Gasteiger partial charge on any atom is 0.237 e. The number of piperazine rings is 1. The van der Waals surface area contributed by atoms with Crippen LogP contribution in [0.5, 0.6) is 0 Å². The van der Waals surface area contributed by atoms with Crippen LogP contribution in [-0.2, 0) is 24.8 Å². The van der Waals surface area contributed by atoms with Crippen molar-refractivity contribution < 1.29 is 26.0 Å². The van der Waals surface area contributed by atoms with Gasteiger partial charge in [-0.25, -0.2) is 25.5 Å². The molecule has 1 unspecified atom stereocenters. The summed E-state index contributed by atoms with van der Waals surface area (Å²) in [6, 6.07) is 7.05. The largest absolute Gasteiger partial charge is 0.338 e. The molecule has 0 bridgehead atoms. The van der Waals surface area contributed by atoms with Crippen molar-refractivity contribution in [2.75, 3.05) is 84.5 Å². The van der Waals surface area contributed by atoms with Crippen molar-refractivity contribution in [3.8, 4) is 0 Å². The third kappa shape index (κ3) is 9.93. The Morgan fingerprint density at radius 1 is 0.864 bits per heavy atom. The fourth-order valence-electron chi connectivity index (χ4n) is 7.15. The smallest absolute Gasteiger partial charge is 0.237 e. The van der Waals surface area contributed by atoms with Gasteiger partial charge in [0.05, 0.1) is 19.1 Å². The number of nitrogens with zero attached hydrogens (tertiary/aromatic N) is 5. The van der Waals surface area contributed by atoms with Gasteiger partial charge in [0.1, 0.15) is 5.82 Å². The SMILES string of the molecule is CC(C)CN(C(=O)CN1CCN(S(C)(=O)=O)CC1)C1CCN(CCC(c2cccc(F)c2)C2CCN(S(C)(=O)=O)CC2)CC1. The standard InChI is InChI=1S/C31H52FN5O5S2/c1-25(2)23-37(31(38)24-34-18-20-36(21-19-34)44(4,41)42)29-10-13-33(14-11-29)15-12-30(27-6-5-7-28(32)22-27)26-8-16-35(17-9-26)43(3,39)40/h5-7,22,25-26,29-30H,8-21,23-24H2,1-4H3. The molecule has 0 radical (unpaired) electrons. The Morgan fingerprint density at radius 2 is 1.45 bits per heavy atom. The van der Waals surface area contributed by atoms with Gasteiger partial charge in [0.25, 0.3) is 0 Å². The molecule has 0 aliphatic carbocycles. The van der Waals surface area contributed by atoms with E-state index >= 15 is 0 Å². The van der Waals surface area contributed by atoms with E-state index in [-0.39, 0.29) is 23.7 Å². The van der Waals surface area contributed by atoms with E-state index in [1.54, 1.807) is 16.4 Å². The number of amides is 1. The third-order valence-corrected chi connectivity index (χ3v) is 12.2. The lowest BCUT2D eigenvalue weighted by Gasteiger charge is -2.41. The van der Waals surface area contributed by atoms with Crippen LogP contribution in [0.25, 0.3) is 0 Å². The van der Waals surface area contributed by atoms with Gasteiger partial charge in [-0.15, -0.1) is 0 Å². The summed E-state index contributed by atoms with van der Waals surface area (Å²) >= 11 is 0. The van der Waals surface area contributed by atoms with E-state index in [0.29, 0.717) is 64.2 Å². The normalized spacial score (nSPS) is 22.0. The molecule has 0 spiro atoms. The van der Waals surface area contributed by atoms with Crippen LogP contribution in [0.1, 0.15) is 57.4 Å². The minimum absolute atomic E-state index is 0.122. The fraction of sp³-hybridized carbons (Fsp3) is 0.774. The Morgan fingerprint density at radius 3 is 2.00 bits per heavy atom. The zero-order chi connectivity index (χ0) is 32.1. The van der Waals surface area contributed by atoms with Gasteiger partial charge in [0.2, 0.25) is 26.0 Å². The number of piperidine rings is 2. The summed E-state index contributed by atoms with van der Waals surface area (Å²) in [4.78, 5) is 20.1. The van der Waals surface area contributed by atoms with E-state index in [1.165, 1.54) is 22.9 Å². The number of hydrogen-bond acceptors (Lipinski definition) is 7. The molecule has 1 atom stereocenters. The predicted molar refractivity (Wildman–Crippen MR) is 172 cm³/mol. The van der Waals surface area contributed by atoms with Crippen LogP contribution >= 0.6 is 0 Å². The maximum atomic E-state index is 14.2. The topological polar surface area (TPSA) is 102 Å². The van der Waals surface area contributed by atoms with Crippen LogP contribution in [0.3, 0.4) is 0 Å². The quantitative estimate of drug-likeness (QED) is 0.341. The molecule has 250 valence electrons. The number of likely N-dealkylation sites (tertiary alicyclic amines) is 1. The first-order chi connectivity index (χ1) is 20.7. The molecule has 10 nitrogen and oxygen atoms in total. The second-order valence-electron chi connectivity index (χ2n) is 13.4. The summed E-state index contributed by atoms with van der Waals surface area (Å²) in [5.41, 5.74) is 0.990. The summed E-state index contributed by atoms with van der Waals surface area (Å²) in [6.07, 6.45) is 6.72. The van der Waals surface area contributed by atoms with Gasteiger partial charge in [-0.2, -0.15) is 4.31 Å². The number of benzene rings is 1. The average molecular weight is 658 g/mol. The fourth-order valence-corrected chi connectivity index (χ4v) is 8.85. The zero-order valence-corrected chi connectivity index (χ0v) is 28.5. The molecule has 44 heavy (non-hydrogen) atoms. The molecular formula is C31H52FN5O5S2. The van der Waals surface area contributed by atoms with Crippen LogP contribution in [0.15, 0.2) is 24.3 Å². The number of carbonyl (C=O) groups excluding carboxylic acids is 1. The lowest BCUT2D eigenvalue weighted by molar-refractivity contribution is -0.136. The van der Waals surface area contributed by atoms with Crippen molar-refractivity contribution in [3.63, 3.8) is 0 Å². The van der Waals surface area contributed by atoms with Crippen LogP contribution in [0.2, 0.25) is 0 Å². The highest BCUT2D eigenvalue weighted by Gasteiger charge is 2.33. The van der Waals surface area contributed by atoms with E-state index in [1.807, 2.05) is 6.07 Å². The number of halogens is 1. The Hall–Kier alpha value is -1.64. The highest BCUT2D eigenvalue weighted by atomic mass is 32.2. The van der Waals surface area contributed by atoms with Crippen molar-refractivity contribution in [2.24, 2.45) is 11.8 Å². The molecule has 0 saturated carbocycles. The minimum atomic E-state index is -3.21. The second kappa shape index (κ2) is 15.3. The van der Waals surface area contributed by atoms with Crippen molar-refractivity contribution in [1.29, 1.82) is 0 Å². The number of rotatable bonds is 12. The Kier molecular flexibility index (Phi) is 12.2. The average Bonchev–Trinajstić information content (AvgIpc) is 2.96. The van der Waals surface area contributed by atoms with E-state index < -0.39 is 20.0 Å². The first kappa shape index (κ1) is 35.2. The van der Waals surface area contributed by atoms with Crippen LogP contribution in [0.4, 0.5) is 4.39 Å².